The number of benzene rings is 2. The molecule has 7 heteroatoms. The number of fused-ring (bicyclic) bond motifs is 1. The van der Waals surface area contributed by atoms with Gasteiger partial charge in [0, 0.05) is 18.4 Å². The summed E-state index contributed by atoms with van der Waals surface area (Å²) in [5.41, 5.74) is 1.35. The first-order chi connectivity index (χ1) is 12.6. The highest BCUT2D eigenvalue weighted by Gasteiger charge is 2.12. The van der Waals surface area contributed by atoms with E-state index in [0.29, 0.717) is 16.4 Å². The molecule has 0 saturated heterocycles. The predicted molar refractivity (Wildman–Crippen MR) is 101 cm³/mol. The summed E-state index contributed by atoms with van der Waals surface area (Å²) in [6, 6.07) is 12.4. The van der Waals surface area contributed by atoms with Crippen molar-refractivity contribution >= 4 is 38.4 Å². The van der Waals surface area contributed by atoms with Crippen LogP contribution in [0.5, 0.6) is 11.5 Å². The number of nitrogens with zero attached hydrogens (tertiary/aromatic N) is 1. The van der Waals surface area contributed by atoms with Gasteiger partial charge in [0.1, 0.15) is 11.5 Å². The lowest BCUT2D eigenvalue weighted by Crippen LogP contribution is -2.13. The average Bonchev–Trinajstić information content (AvgIpc) is 3.07. The molecule has 0 atom stereocenters. The summed E-state index contributed by atoms with van der Waals surface area (Å²) < 4.78 is 11.2. The van der Waals surface area contributed by atoms with Gasteiger partial charge in [0.2, 0.25) is 5.91 Å². The number of ether oxygens (including phenoxy) is 2. The van der Waals surface area contributed by atoms with Crippen LogP contribution in [0.4, 0.5) is 5.13 Å². The van der Waals surface area contributed by atoms with Crippen molar-refractivity contribution in [2.45, 2.75) is 12.8 Å². The molecule has 0 aliphatic carbocycles. The van der Waals surface area contributed by atoms with Crippen molar-refractivity contribution in [2.75, 3.05) is 19.5 Å². The number of hydrogen-bond acceptors (Lipinski definition) is 6. The van der Waals surface area contributed by atoms with Gasteiger partial charge in [-0.3, -0.25) is 9.59 Å². The number of Topliss-reactive ketones (excluding diaryl/α,β-unsaturated/α-hetero) is 1. The van der Waals surface area contributed by atoms with Gasteiger partial charge in [-0.1, -0.05) is 11.3 Å². The molecule has 0 saturated carbocycles. The largest absolute Gasteiger partial charge is 0.497 e. The molecular formula is C19H18N2O4S. The fourth-order valence-corrected chi connectivity index (χ4v) is 3.33. The van der Waals surface area contributed by atoms with E-state index in [-0.39, 0.29) is 24.5 Å². The molecule has 2 aromatic carbocycles. The minimum atomic E-state index is -0.238. The van der Waals surface area contributed by atoms with Gasteiger partial charge < -0.3 is 14.8 Å². The van der Waals surface area contributed by atoms with Gasteiger partial charge >= 0.3 is 0 Å². The Kier molecular flexibility index (Phi) is 5.48. The second-order valence-electron chi connectivity index (χ2n) is 5.55. The summed E-state index contributed by atoms with van der Waals surface area (Å²) in [4.78, 5) is 28.6. The molecule has 0 aliphatic rings. The molecule has 6 nitrogen and oxygen atoms in total. The molecule has 1 amide bonds. The Morgan fingerprint density at radius 3 is 2.38 bits per heavy atom. The minimum Gasteiger partial charge on any atom is -0.497 e. The zero-order valence-corrected chi connectivity index (χ0v) is 15.3. The number of methoxy groups -OCH3 is 2. The van der Waals surface area contributed by atoms with Crippen LogP contribution in [0, 0.1) is 0 Å². The highest BCUT2D eigenvalue weighted by atomic mass is 32.1. The average molecular weight is 370 g/mol. The zero-order chi connectivity index (χ0) is 18.5. The van der Waals surface area contributed by atoms with Crippen LogP contribution < -0.4 is 14.8 Å². The van der Waals surface area contributed by atoms with Crippen molar-refractivity contribution < 1.29 is 19.1 Å². The Bertz CT molecular complexity index is 934. The van der Waals surface area contributed by atoms with E-state index in [9.17, 15) is 9.59 Å². The van der Waals surface area contributed by atoms with Crippen LogP contribution in [0.2, 0.25) is 0 Å². The summed E-state index contributed by atoms with van der Waals surface area (Å²) in [5, 5.41) is 3.26. The van der Waals surface area contributed by atoms with Gasteiger partial charge in [0.15, 0.2) is 10.9 Å². The number of nitrogens with one attached hydrogen (secondary N) is 1. The van der Waals surface area contributed by atoms with E-state index in [1.807, 2.05) is 18.2 Å². The number of amides is 1. The van der Waals surface area contributed by atoms with Crippen molar-refractivity contribution in [1.82, 2.24) is 4.98 Å². The van der Waals surface area contributed by atoms with Crippen LogP contribution in [0.15, 0.2) is 42.5 Å². The SMILES string of the molecule is COc1ccc(C(=O)CCC(=O)Nc2nc3ccc(OC)cc3s2)cc1. The van der Waals surface area contributed by atoms with E-state index >= 15 is 0 Å². The van der Waals surface area contributed by atoms with E-state index in [4.69, 9.17) is 9.47 Å². The highest BCUT2D eigenvalue weighted by Crippen LogP contribution is 2.29. The fraction of sp³-hybridized carbons (Fsp3) is 0.211. The Labute approximate surface area is 154 Å². The monoisotopic (exact) mass is 370 g/mol. The second-order valence-corrected chi connectivity index (χ2v) is 6.58. The van der Waals surface area contributed by atoms with Crippen molar-refractivity contribution in [1.29, 1.82) is 0 Å². The van der Waals surface area contributed by atoms with Gasteiger partial charge in [0.05, 0.1) is 24.4 Å². The molecule has 26 heavy (non-hydrogen) atoms. The third-order valence-electron chi connectivity index (χ3n) is 3.83. The Morgan fingerprint density at radius 1 is 1.00 bits per heavy atom. The van der Waals surface area contributed by atoms with Gasteiger partial charge in [-0.25, -0.2) is 4.98 Å². The number of aromatic nitrogens is 1. The molecule has 0 fully saturated rings. The maximum atomic E-state index is 12.2. The molecule has 3 rings (SSSR count). The second kappa shape index (κ2) is 7.97. The lowest BCUT2D eigenvalue weighted by atomic mass is 10.1. The predicted octanol–water partition coefficient (Wildman–Crippen LogP) is 3.92. The van der Waals surface area contributed by atoms with Gasteiger partial charge in [0.25, 0.3) is 0 Å². The first kappa shape index (κ1) is 17.9. The third-order valence-corrected chi connectivity index (χ3v) is 4.77. The number of hydrogen-bond donors (Lipinski definition) is 1. The molecule has 3 aromatic rings. The molecule has 1 aromatic heterocycles. The van der Waals surface area contributed by atoms with E-state index in [1.54, 1.807) is 38.5 Å². The van der Waals surface area contributed by atoms with E-state index < -0.39 is 0 Å². The number of anilines is 1. The van der Waals surface area contributed by atoms with Crippen LogP contribution >= 0.6 is 11.3 Å². The molecular weight excluding hydrogens is 352 g/mol. The summed E-state index contributed by atoms with van der Waals surface area (Å²) in [7, 11) is 3.17. The van der Waals surface area contributed by atoms with Crippen LogP contribution in [-0.2, 0) is 4.79 Å². The lowest BCUT2D eigenvalue weighted by molar-refractivity contribution is -0.116. The van der Waals surface area contributed by atoms with Gasteiger partial charge in [-0.15, -0.1) is 0 Å². The number of ketones is 1. The first-order valence-corrected chi connectivity index (χ1v) is 8.82. The van der Waals surface area contributed by atoms with Crippen molar-refractivity contribution in [3.05, 3.63) is 48.0 Å². The maximum absolute atomic E-state index is 12.2. The van der Waals surface area contributed by atoms with E-state index in [0.717, 1.165) is 16.0 Å². The standard InChI is InChI=1S/C19H18N2O4S/c1-24-13-5-3-12(4-6-13)16(22)9-10-18(23)21-19-20-15-8-7-14(25-2)11-17(15)26-19/h3-8,11H,9-10H2,1-2H3,(H,20,21,23). The van der Waals surface area contributed by atoms with Gasteiger partial charge in [-0.05, 0) is 42.5 Å². The Balaban J connectivity index is 1.57. The fourth-order valence-electron chi connectivity index (χ4n) is 2.42. The molecule has 0 aliphatic heterocycles. The van der Waals surface area contributed by atoms with Crippen LogP contribution in [-0.4, -0.2) is 30.9 Å². The molecule has 134 valence electrons. The van der Waals surface area contributed by atoms with Crippen molar-refractivity contribution in [3.63, 3.8) is 0 Å². The summed E-state index contributed by atoms with van der Waals surface area (Å²) in [5.74, 6) is 1.10. The normalized spacial score (nSPS) is 10.5. The first-order valence-electron chi connectivity index (χ1n) is 8.00. The van der Waals surface area contributed by atoms with E-state index in [1.165, 1.54) is 11.3 Å². The molecule has 0 spiro atoms. The summed E-state index contributed by atoms with van der Waals surface area (Å²) in [6.45, 7) is 0. The zero-order valence-electron chi connectivity index (χ0n) is 14.4. The van der Waals surface area contributed by atoms with Crippen molar-refractivity contribution in [2.24, 2.45) is 0 Å². The lowest BCUT2D eigenvalue weighted by Gasteiger charge is -2.03. The maximum Gasteiger partial charge on any atom is 0.226 e. The van der Waals surface area contributed by atoms with Gasteiger partial charge in [-0.2, -0.15) is 0 Å². The number of thiazole rings is 1. The number of carbonyl (C=O) groups is 2. The molecule has 0 radical (unpaired) electrons. The summed E-state index contributed by atoms with van der Waals surface area (Å²) >= 11 is 1.37. The van der Waals surface area contributed by atoms with Crippen LogP contribution in [0.3, 0.4) is 0 Å². The number of rotatable bonds is 7. The molecule has 1 heterocycles. The third kappa shape index (κ3) is 4.18. The molecule has 1 N–H and O–H groups in total. The quantitative estimate of drug-likeness (QED) is 0.638. The smallest absolute Gasteiger partial charge is 0.226 e. The van der Waals surface area contributed by atoms with Crippen LogP contribution in [0.25, 0.3) is 10.2 Å². The molecule has 0 unspecified atom stereocenters. The topological polar surface area (TPSA) is 77.5 Å². The Hall–Kier alpha value is -2.93. The number of carbonyl (C=O) groups excluding carboxylic acids is 2. The van der Waals surface area contributed by atoms with Crippen LogP contribution in [0.1, 0.15) is 23.2 Å². The van der Waals surface area contributed by atoms with E-state index in [2.05, 4.69) is 10.3 Å². The summed E-state index contributed by atoms with van der Waals surface area (Å²) in [6.07, 6.45) is 0.237. The van der Waals surface area contributed by atoms with Crippen molar-refractivity contribution in [3.8, 4) is 11.5 Å². The Morgan fingerprint density at radius 2 is 1.69 bits per heavy atom. The minimum absolute atomic E-state index is 0.0863. The highest BCUT2D eigenvalue weighted by molar-refractivity contribution is 7.22. The molecule has 0 bridgehead atoms.